The summed E-state index contributed by atoms with van der Waals surface area (Å²) in [7, 11) is 3.18. The molecule has 0 bridgehead atoms. The molecule has 1 aromatic carbocycles. The average molecular weight is 431 g/mol. The summed E-state index contributed by atoms with van der Waals surface area (Å²) in [5, 5.41) is 24.3. The smallest absolute Gasteiger partial charge is 0.249 e. The standard InChI is InChI=1S/C21H30N6O4/c1-12(2)18(28)21(29)23-9-7-6-8-22-19-20-26-25-13(3)27(20)15-11-17(31-5)16(30-4)10-14(15)24-19/h10-12,18,28H,6-9H2,1-5H3,(H,22,24)(H,23,29)/t18-/m0/s1. The molecule has 0 unspecified atom stereocenters. The Bertz CT molecular complexity index is 1070. The molecule has 2 aromatic heterocycles. The van der Waals surface area contributed by atoms with Crippen LogP contribution in [0.15, 0.2) is 12.1 Å². The van der Waals surface area contributed by atoms with Crippen LogP contribution in [-0.4, -0.2) is 64.0 Å². The van der Waals surface area contributed by atoms with Crippen LogP contribution in [0.5, 0.6) is 11.5 Å². The first kappa shape index (κ1) is 22.5. The SMILES string of the molecule is COc1cc2nc(NCCCCNC(=O)[C@@H](O)C(C)C)c3nnc(C)n3c2cc1OC. The van der Waals surface area contributed by atoms with Crippen molar-refractivity contribution in [2.45, 2.75) is 39.7 Å². The number of methoxy groups -OCH3 is 2. The number of aliphatic hydroxyl groups is 1. The minimum atomic E-state index is -0.972. The number of hydrogen-bond donors (Lipinski definition) is 3. The van der Waals surface area contributed by atoms with Gasteiger partial charge in [0.25, 0.3) is 0 Å². The van der Waals surface area contributed by atoms with E-state index in [9.17, 15) is 9.90 Å². The molecule has 10 heteroatoms. The normalized spacial score (nSPS) is 12.4. The second kappa shape index (κ2) is 9.78. The van der Waals surface area contributed by atoms with E-state index in [0.29, 0.717) is 36.1 Å². The van der Waals surface area contributed by atoms with Crippen molar-refractivity contribution in [2.75, 3.05) is 32.6 Å². The van der Waals surface area contributed by atoms with Crippen molar-refractivity contribution < 1.29 is 19.4 Å². The van der Waals surface area contributed by atoms with Crippen LogP contribution >= 0.6 is 0 Å². The number of carbonyl (C=O) groups excluding carboxylic acids is 1. The summed E-state index contributed by atoms with van der Waals surface area (Å²) in [5.41, 5.74) is 2.18. The van der Waals surface area contributed by atoms with E-state index in [0.717, 1.165) is 29.7 Å². The fourth-order valence-electron chi connectivity index (χ4n) is 3.30. The molecule has 31 heavy (non-hydrogen) atoms. The number of hydrogen-bond acceptors (Lipinski definition) is 8. The lowest BCUT2D eigenvalue weighted by atomic mass is 10.1. The molecule has 3 N–H and O–H groups in total. The van der Waals surface area contributed by atoms with Crippen LogP contribution in [-0.2, 0) is 4.79 Å². The summed E-state index contributed by atoms with van der Waals surface area (Å²) in [4.78, 5) is 16.5. The van der Waals surface area contributed by atoms with Crippen LogP contribution in [0.25, 0.3) is 16.7 Å². The van der Waals surface area contributed by atoms with E-state index in [-0.39, 0.29) is 11.8 Å². The highest BCUT2D eigenvalue weighted by molar-refractivity contribution is 5.86. The third kappa shape index (κ3) is 4.79. The van der Waals surface area contributed by atoms with Crippen LogP contribution < -0.4 is 20.1 Å². The van der Waals surface area contributed by atoms with Gasteiger partial charge in [-0.15, -0.1) is 10.2 Å². The van der Waals surface area contributed by atoms with Gasteiger partial charge in [0, 0.05) is 25.2 Å². The lowest BCUT2D eigenvalue weighted by Gasteiger charge is -2.14. The van der Waals surface area contributed by atoms with E-state index in [4.69, 9.17) is 14.5 Å². The summed E-state index contributed by atoms with van der Waals surface area (Å²) < 4.78 is 12.8. The van der Waals surface area contributed by atoms with Gasteiger partial charge in [0.1, 0.15) is 11.9 Å². The minimum absolute atomic E-state index is 0.103. The summed E-state index contributed by atoms with van der Waals surface area (Å²) in [5.74, 6) is 2.13. The molecular formula is C21H30N6O4. The number of fused-ring (bicyclic) bond motifs is 3. The largest absolute Gasteiger partial charge is 0.493 e. The number of nitrogens with one attached hydrogen (secondary N) is 2. The molecule has 3 rings (SSSR count). The second-order valence-corrected chi connectivity index (χ2v) is 7.68. The molecule has 10 nitrogen and oxygen atoms in total. The third-order valence-corrected chi connectivity index (χ3v) is 5.09. The van der Waals surface area contributed by atoms with Crippen molar-refractivity contribution in [2.24, 2.45) is 5.92 Å². The molecule has 0 radical (unpaired) electrons. The number of rotatable bonds is 10. The van der Waals surface area contributed by atoms with Gasteiger partial charge in [-0.2, -0.15) is 0 Å². The van der Waals surface area contributed by atoms with Gasteiger partial charge < -0.3 is 25.2 Å². The molecule has 168 valence electrons. The van der Waals surface area contributed by atoms with Gasteiger partial charge in [-0.1, -0.05) is 13.8 Å². The molecule has 3 aromatic rings. The number of aryl methyl sites for hydroxylation is 1. The highest BCUT2D eigenvalue weighted by Crippen LogP contribution is 2.33. The minimum Gasteiger partial charge on any atom is -0.493 e. The number of aliphatic hydroxyl groups excluding tert-OH is 1. The first-order valence-electron chi connectivity index (χ1n) is 10.3. The van der Waals surface area contributed by atoms with Crippen LogP contribution in [0.3, 0.4) is 0 Å². The van der Waals surface area contributed by atoms with Crippen molar-refractivity contribution in [3.63, 3.8) is 0 Å². The molecule has 0 aliphatic carbocycles. The number of carbonyl (C=O) groups is 1. The number of benzene rings is 1. The van der Waals surface area contributed by atoms with Crippen molar-refractivity contribution >= 4 is 28.4 Å². The molecule has 0 aliphatic rings. The number of amides is 1. The van der Waals surface area contributed by atoms with E-state index in [1.807, 2.05) is 37.3 Å². The van der Waals surface area contributed by atoms with Gasteiger partial charge >= 0.3 is 0 Å². The fourth-order valence-corrected chi connectivity index (χ4v) is 3.30. The fraction of sp³-hybridized carbons (Fsp3) is 0.524. The maximum Gasteiger partial charge on any atom is 0.249 e. The summed E-state index contributed by atoms with van der Waals surface area (Å²) >= 11 is 0. The molecule has 0 fully saturated rings. The molecule has 0 aliphatic heterocycles. The average Bonchev–Trinajstić information content (AvgIpc) is 3.16. The maximum absolute atomic E-state index is 11.8. The molecule has 0 saturated heterocycles. The van der Waals surface area contributed by atoms with Gasteiger partial charge in [-0.05, 0) is 25.7 Å². The predicted molar refractivity (Wildman–Crippen MR) is 118 cm³/mol. The number of aromatic nitrogens is 4. The van der Waals surface area contributed by atoms with Crippen LogP contribution in [0.2, 0.25) is 0 Å². The zero-order valence-electron chi connectivity index (χ0n) is 18.6. The van der Waals surface area contributed by atoms with E-state index in [1.165, 1.54) is 0 Å². The van der Waals surface area contributed by atoms with Crippen LogP contribution in [0.1, 0.15) is 32.5 Å². The van der Waals surface area contributed by atoms with E-state index >= 15 is 0 Å². The monoisotopic (exact) mass is 430 g/mol. The number of unbranched alkanes of at least 4 members (excludes halogenated alkanes) is 1. The number of anilines is 1. The molecular weight excluding hydrogens is 400 g/mol. The lowest BCUT2D eigenvalue weighted by molar-refractivity contribution is -0.131. The Morgan fingerprint density at radius 3 is 2.48 bits per heavy atom. The summed E-state index contributed by atoms with van der Waals surface area (Å²) in [6, 6.07) is 3.69. The third-order valence-electron chi connectivity index (χ3n) is 5.09. The van der Waals surface area contributed by atoms with Gasteiger partial charge in [0.2, 0.25) is 11.6 Å². The quantitative estimate of drug-likeness (QED) is 0.417. The molecule has 0 spiro atoms. The molecule has 1 amide bonds. The highest BCUT2D eigenvalue weighted by Gasteiger charge is 2.18. The van der Waals surface area contributed by atoms with Crippen LogP contribution in [0, 0.1) is 12.8 Å². The highest BCUT2D eigenvalue weighted by atomic mass is 16.5. The Hall–Kier alpha value is -3.14. The molecule has 2 heterocycles. The van der Waals surface area contributed by atoms with Crippen molar-refractivity contribution in [1.29, 1.82) is 0 Å². The Morgan fingerprint density at radius 2 is 1.81 bits per heavy atom. The topological polar surface area (TPSA) is 123 Å². The zero-order chi connectivity index (χ0) is 22.5. The Labute approximate surface area is 181 Å². The Morgan fingerprint density at radius 1 is 1.13 bits per heavy atom. The first-order valence-corrected chi connectivity index (χ1v) is 10.3. The van der Waals surface area contributed by atoms with Gasteiger partial charge in [0.15, 0.2) is 17.3 Å². The first-order chi connectivity index (χ1) is 14.9. The van der Waals surface area contributed by atoms with Crippen molar-refractivity contribution in [3.8, 4) is 11.5 Å². The zero-order valence-corrected chi connectivity index (χ0v) is 18.6. The van der Waals surface area contributed by atoms with E-state index in [1.54, 1.807) is 14.2 Å². The maximum atomic E-state index is 11.8. The van der Waals surface area contributed by atoms with Gasteiger partial charge in [-0.25, -0.2) is 4.98 Å². The molecule has 0 saturated carbocycles. The van der Waals surface area contributed by atoms with Crippen LogP contribution in [0.4, 0.5) is 5.82 Å². The summed E-state index contributed by atoms with van der Waals surface area (Å²) in [6.45, 7) is 6.66. The predicted octanol–water partition coefficient (Wildman–Crippen LogP) is 1.93. The van der Waals surface area contributed by atoms with Gasteiger partial charge in [-0.3, -0.25) is 9.20 Å². The Balaban J connectivity index is 1.70. The van der Waals surface area contributed by atoms with Crippen molar-refractivity contribution in [1.82, 2.24) is 24.9 Å². The summed E-state index contributed by atoms with van der Waals surface area (Å²) in [6.07, 6.45) is 0.604. The molecule has 1 atom stereocenters. The lowest BCUT2D eigenvalue weighted by Crippen LogP contribution is -2.38. The van der Waals surface area contributed by atoms with E-state index in [2.05, 4.69) is 20.8 Å². The van der Waals surface area contributed by atoms with Crippen molar-refractivity contribution in [3.05, 3.63) is 18.0 Å². The van der Waals surface area contributed by atoms with E-state index < -0.39 is 6.10 Å². The number of ether oxygens (including phenoxy) is 2. The second-order valence-electron chi connectivity index (χ2n) is 7.68. The number of nitrogens with zero attached hydrogens (tertiary/aromatic N) is 4. The Kier molecular flexibility index (Phi) is 7.11. The van der Waals surface area contributed by atoms with Gasteiger partial charge in [0.05, 0.1) is 25.3 Å².